The van der Waals surface area contributed by atoms with Crippen LogP contribution in [0.4, 0.5) is 19.0 Å². The van der Waals surface area contributed by atoms with Gasteiger partial charge in [0.1, 0.15) is 17.9 Å². The molecular weight excluding hydrogens is 535 g/mol. The average Bonchev–Trinajstić information content (AvgIpc) is 3.72. The van der Waals surface area contributed by atoms with Crippen molar-refractivity contribution in [1.29, 1.82) is 0 Å². The van der Waals surface area contributed by atoms with Gasteiger partial charge in [0.2, 0.25) is 0 Å². The van der Waals surface area contributed by atoms with E-state index in [2.05, 4.69) is 35.2 Å². The number of nitrogens with zero attached hydrogens (tertiary/aromatic N) is 7. The lowest BCUT2D eigenvalue weighted by molar-refractivity contribution is -0.162. The van der Waals surface area contributed by atoms with E-state index >= 15 is 0 Å². The minimum Gasteiger partial charge on any atom is -0.592 e. The number of hydrogen-bond acceptors (Lipinski definition) is 10. The van der Waals surface area contributed by atoms with Gasteiger partial charge < -0.3 is 9.87 Å². The van der Waals surface area contributed by atoms with Gasteiger partial charge in [0.25, 0.3) is 10.6 Å². The van der Waals surface area contributed by atoms with E-state index in [0.717, 1.165) is 25.5 Å². The Morgan fingerprint density at radius 3 is 2.51 bits per heavy atom. The summed E-state index contributed by atoms with van der Waals surface area (Å²) in [6.45, 7) is 4.27. The van der Waals surface area contributed by atoms with Crippen molar-refractivity contribution in [2.24, 2.45) is 5.14 Å². The molecule has 204 valence electrons. The highest BCUT2D eigenvalue weighted by Crippen LogP contribution is 2.43. The molecule has 4 heterocycles. The monoisotopic (exact) mass is 559 g/mol. The van der Waals surface area contributed by atoms with Gasteiger partial charge in [-0.3, -0.25) is 9.36 Å². The van der Waals surface area contributed by atoms with Crippen LogP contribution in [0.5, 0.6) is 0 Å². The molecular formula is C24H24F3N9O2S. The van der Waals surface area contributed by atoms with E-state index in [4.69, 9.17) is 5.14 Å². The SMILES string of the molecule is Cc1ncnc(C2CC2)c1-c1nc(C)c2nc(NCc3ccc([S+](N)[O-])nc3)c(=O)n(C(C)C(F)(F)F)c2n1. The van der Waals surface area contributed by atoms with Gasteiger partial charge in [-0.25, -0.2) is 29.9 Å². The maximum atomic E-state index is 14.0. The third-order valence-corrected chi connectivity index (χ3v) is 7.15. The van der Waals surface area contributed by atoms with E-state index in [-0.39, 0.29) is 40.3 Å². The van der Waals surface area contributed by atoms with E-state index in [1.54, 1.807) is 19.9 Å². The van der Waals surface area contributed by atoms with Crippen LogP contribution in [0.25, 0.3) is 22.6 Å². The fraction of sp³-hybridized carbons (Fsp3) is 0.375. The summed E-state index contributed by atoms with van der Waals surface area (Å²) in [7, 11) is 0. The van der Waals surface area contributed by atoms with Crippen LogP contribution in [0.15, 0.2) is 34.5 Å². The van der Waals surface area contributed by atoms with Crippen LogP contribution in [-0.4, -0.2) is 45.2 Å². The molecule has 0 radical (unpaired) electrons. The van der Waals surface area contributed by atoms with Crippen molar-refractivity contribution < 1.29 is 17.7 Å². The van der Waals surface area contributed by atoms with Crippen LogP contribution in [0.3, 0.4) is 0 Å². The van der Waals surface area contributed by atoms with Gasteiger partial charge in [-0.2, -0.15) is 13.2 Å². The van der Waals surface area contributed by atoms with E-state index in [9.17, 15) is 22.5 Å². The molecule has 1 aliphatic carbocycles. The lowest BCUT2D eigenvalue weighted by atomic mass is 10.1. The van der Waals surface area contributed by atoms with Crippen molar-refractivity contribution in [2.75, 3.05) is 5.32 Å². The normalized spacial score (nSPS) is 15.4. The number of anilines is 1. The molecule has 0 bridgehead atoms. The number of alkyl halides is 3. The summed E-state index contributed by atoms with van der Waals surface area (Å²) in [5.41, 5.74) is 1.56. The number of halogens is 3. The quantitative estimate of drug-likeness (QED) is 0.322. The number of pyridine rings is 1. The fourth-order valence-corrected chi connectivity index (χ4v) is 4.57. The lowest BCUT2D eigenvalue weighted by Gasteiger charge is -2.22. The number of aryl methyl sites for hydroxylation is 2. The molecule has 39 heavy (non-hydrogen) atoms. The molecule has 2 atom stereocenters. The highest BCUT2D eigenvalue weighted by Gasteiger charge is 2.40. The zero-order valence-corrected chi connectivity index (χ0v) is 22.0. The van der Waals surface area contributed by atoms with Crippen molar-refractivity contribution >= 4 is 28.3 Å². The molecule has 1 fully saturated rings. The second-order valence-corrected chi connectivity index (χ2v) is 10.3. The first-order valence-electron chi connectivity index (χ1n) is 12.0. The van der Waals surface area contributed by atoms with Crippen molar-refractivity contribution in [2.45, 2.75) is 63.3 Å². The van der Waals surface area contributed by atoms with Crippen LogP contribution >= 0.6 is 0 Å². The standard InChI is InChI=1S/C24H24F3N9O2S/c1-11-17(19(15-5-6-15)32-10-31-11)20-33-12(2)18-22(35-20)36(13(3)24(25,26)27)23(37)21(34-18)30-9-14-4-7-16(29-8-14)39(28)38/h4,7-8,10,13,15H,5-6,9,28H2,1-3H3,(H,30,34). The average molecular weight is 560 g/mol. The van der Waals surface area contributed by atoms with Crippen LogP contribution in [-0.2, 0) is 17.9 Å². The number of rotatable bonds is 7. The molecule has 4 aromatic heterocycles. The molecule has 0 aliphatic heterocycles. The second kappa shape index (κ2) is 10.1. The van der Waals surface area contributed by atoms with Crippen LogP contribution in [0.1, 0.15) is 54.4 Å². The molecule has 0 amide bonds. The Bertz CT molecular complexity index is 1610. The molecule has 0 spiro atoms. The summed E-state index contributed by atoms with van der Waals surface area (Å²) in [6.07, 6.45) is -0.0279. The fourth-order valence-electron chi connectivity index (χ4n) is 4.21. The third kappa shape index (κ3) is 5.29. The zero-order valence-electron chi connectivity index (χ0n) is 21.2. The van der Waals surface area contributed by atoms with Crippen molar-refractivity contribution in [3.8, 4) is 11.4 Å². The van der Waals surface area contributed by atoms with Crippen LogP contribution in [0, 0.1) is 13.8 Å². The number of aromatic nitrogens is 7. The Balaban J connectivity index is 1.64. The Morgan fingerprint density at radius 1 is 1.15 bits per heavy atom. The molecule has 3 N–H and O–H groups in total. The summed E-state index contributed by atoms with van der Waals surface area (Å²) in [5, 5.41) is 8.27. The summed E-state index contributed by atoms with van der Waals surface area (Å²) in [4.78, 5) is 39.4. The predicted octanol–water partition coefficient (Wildman–Crippen LogP) is 3.25. The van der Waals surface area contributed by atoms with Gasteiger partial charge in [0.15, 0.2) is 17.3 Å². The molecule has 5 rings (SSSR count). The summed E-state index contributed by atoms with van der Waals surface area (Å²) < 4.78 is 53.9. The van der Waals surface area contributed by atoms with Crippen LogP contribution in [0.2, 0.25) is 0 Å². The summed E-state index contributed by atoms with van der Waals surface area (Å²) in [5.74, 6) is 0.0478. The highest BCUT2D eigenvalue weighted by atomic mass is 32.2. The van der Waals surface area contributed by atoms with Gasteiger partial charge in [0.05, 0.1) is 34.0 Å². The molecule has 11 nitrogen and oxygen atoms in total. The molecule has 0 aromatic carbocycles. The van der Waals surface area contributed by atoms with Crippen molar-refractivity contribution in [3.05, 3.63) is 57.7 Å². The molecule has 0 saturated heterocycles. The first-order chi connectivity index (χ1) is 18.5. The van der Waals surface area contributed by atoms with Gasteiger partial charge >= 0.3 is 6.18 Å². The van der Waals surface area contributed by atoms with Crippen molar-refractivity contribution in [1.82, 2.24) is 34.5 Å². The minimum absolute atomic E-state index is 0.0158. The second-order valence-electron chi connectivity index (χ2n) is 9.31. The van der Waals surface area contributed by atoms with E-state index in [1.165, 1.54) is 18.6 Å². The zero-order chi connectivity index (χ0) is 28.1. The van der Waals surface area contributed by atoms with E-state index in [0.29, 0.717) is 27.1 Å². The van der Waals surface area contributed by atoms with E-state index < -0.39 is 29.1 Å². The topological polar surface area (TPSA) is 160 Å². The maximum Gasteiger partial charge on any atom is 0.409 e. The third-order valence-electron chi connectivity index (χ3n) is 6.49. The number of fused-ring (bicyclic) bond motifs is 1. The molecule has 4 aromatic rings. The first-order valence-corrected chi connectivity index (χ1v) is 13.2. The number of nitrogens with two attached hydrogens (primary N) is 1. The van der Waals surface area contributed by atoms with Gasteiger partial charge in [-0.15, -0.1) is 5.14 Å². The highest BCUT2D eigenvalue weighted by molar-refractivity contribution is 7.89. The Morgan fingerprint density at radius 2 is 1.90 bits per heavy atom. The van der Waals surface area contributed by atoms with Gasteiger partial charge in [0, 0.05) is 24.7 Å². The largest absolute Gasteiger partial charge is 0.592 e. The molecule has 15 heteroatoms. The van der Waals surface area contributed by atoms with Crippen molar-refractivity contribution in [3.63, 3.8) is 0 Å². The van der Waals surface area contributed by atoms with Gasteiger partial charge in [-0.05, 0) is 45.2 Å². The summed E-state index contributed by atoms with van der Waals surface area (Å²) in [6, 6.07) is 0.838. The first kappa shape index (κ1) is 26.9. The molecule has 1 aliphatic rings. The lowest BCUT2D eigenvalue weighted by Crippen LogP contribution is -2.35. The Labute approximate surface area is 223 Å². The molecule has 1 saturated carbocycles. The Hall–Kier alpha value is -3.69. The maximum absolute atomic E-state index is 14.0. The predicted molar refractivity (Wildman–Crippen MR) is 137 cm³/mol. The smallest absolute Gasteiger partial charge is 0.409 e. The van der Waals surface area contributed by atoms with Crippen LogP contribution < -0.4 is 16.0 Å². The minimum atomic E-state index is -4.74. The summed E-state index contributed by atoms with van der Waals surface area (Å²) >= 11 is -1.76. The van der Waals surface area contributed by atoms with E-state index in [1.807, 2.05) is 0 Å². The number of hydrogen-bond donors (Lipinski definition) is 2. The Kier molecular flexibility index (Phi) is 6.99. The van der Waals surface area contributed by atoms with Gasteiger partial charge in [-0.1, -0.05) is 0 Å². The number of nitrogens with one attached hydrogen (secondary N) is 1. The molecule has 2 unspecified atom stereocenters.